The smallest absolute Gasteiger partial charge is 0.211 e. The van der Waals surface area contributed by atoms with Crippen LogP contribution in [0.5, 0.6) is 0 Å². The van der Waals surface area contributed by atoms with Crippen LogP contribution in [0.15, 0.2) is 18.2 Å². The zero-order valence-electron chi connectivity index (χ0n) is 11.7. The van der Waals surface area contributed by atoms with E-state index in [1.807, 2.05) is 11.0 Å². The third-order valence-corrected chi connectivity index (χ3v) is 4.85. The summed E-state index contributed by atoms with van der Waals surface area (Å²) < 4.78 is 38.4. The molecule has 1 atom stereocenters. The zero-order chi connectivity index (χ0) is 14.9. The molecule has 0 radical (unpaired) electrons. The maximum Gasteiger partial charge on any atom is 0.211 e. The van der Waals surface area contributed by atoms with Gasteiger partial charge in [-0.15, -0.1) is 0 Å². The van der Waals surface area contributed by atoms with Crippen LogP contribution in [0.3, 0.4) is 0 Å². The van der Waals surface area contributed by atoms with Crippen LogP contribution in [0, 0.1) is 5.82 Å². The Morgan fingerprint density at radius 1 is 1.25 bits per heavy atom. The number of rotatable bonds is 3. The number of piperazine rings is 1. The van der Waals surface area contributed by atoms with E-state index in [9.17, 15) is 12.8 Å². The number of sulfonamides is 1. The second-order valence-corrected chi connectivity index (χ2v) is 7.13. The molecule has 112 valence electrons. The predicted molar refractivity (Wildman–Crippen MR) is 77.6 cm³/mol. The second-order valence-electron chi connectivity index (χ2n) is 5.15. The molecule has 0 unspecified atom stereocenters. The second kappa shape index (κ2) is 5.67. The molecule has 5 nitrogen and oxygen atoms in total. The quantitative estimate of drug-likeness (QED) is 0.902. The van der Waals surface area contributed by atoms with Crippen molar-refractivity contribution in [2.75, 3.05) is 37.3 Å². The molecule has 2 N–H and O–H groups in total. The van der Waals surface area contributed by atoms with Gasteiger partial charge in [0.25, 0.3) is 0 Å². The highest BCUT2D eigenvalue weighted by Crippen LogP contribution is 2.24. The van der Waals surface area contributed by atoms with Crippen molar-refractivity contribution in [2.24, 2.45) is 5.73 Å². The lowest BCUT2D eigenvalue weighted by molar-refractivity contribution is 0.386. The monoisotopic (exact) mass is 301 g/mol. The molecule has 20 heavy (non-hydrogen) atoms. The summed E-state index contributed by atoms with van der Waals surface area (Å²) in [5, 5.41) is 0. The minimum atomic E-state index is -3.16. The van der Waals surface area contributed by atoms with Crippen molar-refractivity contribution in [3.8, 4) is 0 Å². The molecule has 1 aliphatic rings. The summed E-state index contributed by atoms with van der Waals surface area (Å²) in [5.74, 6) is -0.312. The number of benzene rings is 1. The molecular weight excluding hydrogens is 281 g/mol. The van der Waals surface area contributed by atoms with Crippen LogP contribution in [-0.4, -0.2) is 45.2 Å². The van der Waals surface area contributed by atoms with Gasteiger partial charge in [0.15, 0.2) is 0 Å². The van der Waals surface area contributed by atoms with Gasteiger partial charge in [-0.05, 0) is 24.6 Å². The number of nitrogens with two attached hydrogens (primary N) is 1. The minimum Gasteiger partial charge on any atom is -0.367 e. The summed E-state index contributed by atoms with van der Waals surface area (Å²) >= 11 is 0. The number of hydrogen-bond donors (Lipinski definition) is 1. The molecule has 0 saturated carbocycles. The van der Waals surface area contributed by atoms with Crippen LogP contribution in [0.25, 0.3) is 0 Å². The fourth-order valence-electron chi connectivity index (χ4n) is 2.32. The van der Waals surface area contributed by atoms with Crippen LogP contribution in [0.4, 0.5) is 10.1 Å². The van der Waals surface area contributed by atoms with Gasteiger partial charge in [-0.3, -0.25) is 0 Å². The van der Waals surface area contributed by atoms with Crippen molar-refractivity contribution in [2.45, 2.75) is 13.0 Å². The Hall–Kier alpha value is -1.18. The standard InChI is InChI=1S/C13H20FN3O2S/c1-10(15)11-3-4-13(12(14)9-11)16-5-7-17(8-6-16)20(2,18)19/h3-4,9-10H,5-8,15H2,1-2H3/t10-/m1/s1. The van der Waals surface area contributed by atoms with Gasteiger partial charge in [0, 0.05) is 32.2 Å². The van der Waals surface area contributed by atoms with Crippen LogP contribution in [-0.2, 0) is 10.0 Å². The molecule has 0 amide bonds. The Morgan fingerprint density at radius 3 is 2.30 bits per heavy atom. The third-order valence-electron chi connectivity index (χ3n) is 3.55. The first-order chi connectivity index (χ1) is 9.29. The SMILES string of the molecule is C[C@@H](N)c1ccc(N2CCN(S(C)(=O)=O)CC2)c(F)c1. The number of halogens is 1. The van der Waals surface area contributed by atoms with Crippen LogP contribution >= 0.6 is 0 Å². The number of hydrogen-bond acceptors (Lipinski definition) is 4. The largest absolute Gasteiger partial charge is 0.367 e. The maximum atomic E-state index is 14.1. The Balaban J connectivity index is 2.11. The molecule has 1 fully saturated rings. The van der Waals surface area contributed by atoms with Crippen LogP contribution in [0.2, 0.25) is 0 Å². The lowest BCUT2D eigenvalue weighted by Crippen LogP contribution is -2.48. The predicted octanol–water partition coefficient (Wildman–Crippen LogP) is 0.927. The van der Waals surface area contributed by atoms with Crippen molar-refractivity contribution in [1.82, 2.24) is 4.31 Å². The van der Waals surface area contributed by atoms with Crippen molar-refractivity contribution in [3.63, 3.8) is 0 Å². The molecule has 0 aromatic heterocycles. The van der Waals surface area contributed by atoms with Crippen molar-refractivity contribution in [1.29, 1.82) is 0 Å². The molecule has 0 spiro atoms. The van der Waals surface area contributed by atoms with Gasteiger partial charge >= 0.3 is 0 Å². The lowest BCUT2D eigenvalue weighted by atomic mass is 10.1. The minimum absolute atomic E-state index is 0.208. The summed E-state index contributed by atoms with van der Waals surface area (Å²) in [4.78, 5) is 1.86. The summed E-state index contributed by atoms with van der Waals surface area (Å²) in [6.45, 7) is 3.54. The highest BCUT2D eigenvalue weighted by molar-refractivity contribution is 7.88. The average molecular weight is 301 g/mol. The fourth-order valence-corrected chi connectivity index (χ4v) is 3.15. The molecule has 2 rings (SSSR count). The normalized spacial score (nSPS) is 19.1. The van der Waals surface area contributed by atoms with E-state index in [1.165, 1.54) is 16.6 Å². The summed E-state index contributed by atoms with van der Waals surface area (Å²) in [7, 11) is -3.16. The summed E-state index contributed by atoms with van der Waals surface area (Å²) in [6.07, 6.45) is 1.20. The van der Waals surface area contributed by atoms with Gasteiger partial charge in [-0.2, -0.15) is 4.31 Å². The number of anilines is 1. The van der Waals surface area contributed by atoms with Crippen LogP contribution in [0.1, 0.15) is 18.5 Å². The Morgan fingerprint density at radius 2 is 1.85 bits per heavy atom. The van der Waals surface area contributed by atoms with E-state index >= 15 is 0 Å². The molecule has 1 heterocycles. The Kier molecular flexibility index (Phi) is 4.31. The molecule has 1 aromatic rings. The topological polar surface area (TPSA) is 66.6 Å². The van der Waals surface area contributed by atoms with Crippen LogP contribution < -0.4 is 10.6 Å². The first kappa shape index (κ1) is 15.2. The van der Waals surface area contributed by atoms with Gasteiger partial charge in [0.05, 0.1) is 11.9 Å². The first-order valence-electron chi connectivity index (χ1n) is 6.54. The van der Waals surface area contributed by atoms with Gasteiger partial charge in [-0.1, -0.05) is 6.07 Å². The van der Waals surface area contributed by atoms with E-state index in [2.05, 4.69) is 0 Å². The zero-order valence-corrected chi connectivity index (χ0v) is 12.5. The van der Waals surface area contributed by atoms with Gasteiger partial charge in [-0.25, -0.2) is 12.8 Å². The maximum absolute atomic E-state index is 14.1. The Bertz CT molecular complexity index is 581. The molecule has 1 saturated heterocycles. The summed E-state index contributed by atoms with van der Waals surface area (Å²) in [5.41, 5.74) is 6.98. The molecule has 0 bridgehead atoms. The van der Waals surface area contributed by atoms with Gasteiger partial charge in [0.1, 0.15) is 5.82 Å². The van der Waals surface area contributed by atoms with E-state index in [0.717, 1.165) is 5.56 Å². The van der Waals surface area contributed by atoms with Crippen molar-refractivity contribution in [3.05, 3.63) is 29.6 Å². The highest BCUT2D eigenvalue weighted by Gasteiger charge is 2.24. The van der Waals surface area contributed by atoms with E-state index in [0.29, 0.717) is 31.9 Å². The summed E-state index contributed by atoms with van der Waals surface area (Å²) in [6, 6.07) is 4.76. The molecule has 1 aliphatic heterocycles. The lowest BCUT2D eigenvalue weighted by Gasteiger charge is -2.35. The molecular formula is C13H20FN3O2S. The first-order valence-corrected chi connectivity index (χ1v) is 8.39. The molecule has 0 aliphatic carbocycles. The molecule has 7 heteroatoms. The average Bonchev–Trinajstić information content (AvgIpc) is 2.37. The van der Waals surface area contributed by atoms with Gasteiger partial charge < -0.3 is 10.6 Å². The van der Waals surface area contributed by atoms with E-state index in [1.54, 1.807) is 13.0 Å². The third kappa shape index (κ3) is 3.28. The number of nitrogens with zero attached hydrogens (tertiary/aromatic N) is 2. The van der Waals surface area contributed by atoms with E-state index in [-0.39, 0.29) is 11.9 Å². The highest BCUT2D eigenvalue weighted by atomic mass is 32.2. The van der Waals surface area contributed by atoms with Crippen molar-refractivity contribution >= 4 is 15.7 Å². The van der Waals surface area contributed by atoms with E-state index in [4.69, 9.17) is 5.73 Å². The van der Waals surface area contributed by atoms with Gasteiger partial charge in [0.2, 0.25) is 10.0 Å². The molecule has 1 aromatic carbocycles. The van der Waals surface area contributed by atoms with E-state index < -0.39 is 10.0 Å². The van der Waals surface area contributed by atoms with Crippen molar-refractivity contribution < 1.29 is 12.8 Å². The fraction of sp³-hybridized carbons (Fsp3) is 0.538. The Labute approximate surface area is 119 Å².